The molecule has 0 aromatic carbocycles. The van der Waals surface area contributed by atoms with E-state index in [1.54, 1.807) is 27.4 Å². The fourth-order valence-electron chi connectivity index (χ4n) is 0.978. The van der Waals surface area contributed by atoms with E-state index in [2.05, 4.69) is 0 Å². The van der Waals surface area contributed by atoms with Crippen LogP contribution in [0.5, 0.6) is 0 Å². The van der Waals surface area contributed by atoms with Gasteiger partial charge in [0.2, 0.25) is 0 Å². The third-order valence-corrected chi connectivity index (χ3v) is 6.05. The van der Waals surface area contributed by atoms with Gasteiger partial charge in [0.1, 0.15) is 0 Å². The second-order valence-corrected chi connectivity index (χ2v) is 8.80. The molecule has 0 radical (unpaired) electrons. The predicted molar refractivity (Wildman–Crippen MR) is 89.3 cm³/mol. The molecule has 0 aliphatic rings. The van der Waals surface area contributed by atoms with Crippen LogP contribution in [0.3, 0.4) is 0 Å². The molecule has 0 rings (SSSR count). The van der Waals surface area contributed by atoms with E-state index in [-0.39, 0.29) is 47.5 Å². The number of hydrogen-bond donors (Lipinski definition) is 0. The van der Waals surface area contributed by atoms with Crippen molar-refractivity contribution in [3.05, 3.63) is 7.43 Å². The van der Waals surface area contributed by atoms with Crippen molar-refractivity contribution in [2.24, 2.45) is 0 Å². The van der Waals surface area contributed by atoms with Crippen molar-refractivity contribution in [2.45, 2.75) is 34.6 Å². The topological polar surface area (TPSA) is 61.8 Å². The van der Waals surface area contributed by atoms with Crippen LogP contribution < -0.4 is 17.0 Å². The number of hydrogen-bond acceptors (Lipinski definition) is 5. The van der Waals surface area contributed by atoms with Crippen LogP contribution in [-0.2, 0) is 22.7 Å². The average Bonchev–Trinajstić information content (AvgIpc) is 2.30. The van der Waals surface area contributed by atoms with E-state index in [0.29, 0.717) is 32.1 Å². The zero-order chi connectivity index (χ0) is 14.7. The molecule has 0 N–H and O–H groups in total. The van der Waals surface area contributed by atoms with Gasteiger partial charge in [-0.05, 0) is 20.8 Å². The Bertz CT molecular complexity index is 283. The summed E-state index contributed by atoms with van der Waals surface area (Å²) < 4.78 is 37.1. The molecule has 0 heterocycles. The van der Waals surface area contributed by atoms with Gasteiger partial charge in [0, 0.05) is 19.0 Å². The van der Waals surface area contributed by atoms with Crippen molar-refractivity contribution in [2.75, 3.05) is 38.8 Å². The van der Waals surface area contributed by atoms with Gasteiger partial charge in [-0.25, -0.2) is 0 Å². The van der Waals surface area contributed by atoms with E-state index in [1.165, 1.54) is 0 Å². The minimum Gasteiger partial charge on any atom is -1.00 e. The van der Waals surface area contributed by atoms with Crippen LogP contribution in [0.2, 0.25) is 0 Å². The molecule has 0 spiro atoms. The van der Waals surface area contributed by atoms with E-state index in [4.69, 9.17) is 13.6 Å². The molecule has 0 amide bonds. The Kier molecular flexibility index (Phi) is 31.8. The monoisotopic (exact) mass is 420 g/mol. The Morgan fingerprint density at radius 3 is 1.24 bits per heavy atom. The van der Waals surface area contributed by atoms with Gasteiger partial charge in [-0.3, -0.25) is 9.13 Å². The predicted octanol–water partition coefficient (Wildman–Crippen LogP) is 1.30. The summed E-state index contributed by atoms with van der Waals surface area (Å²) in [7, 11) is -4.87. The smallest absolute Gasteiger partial charge is 1.00 e. The summed E-state index contributed by atoms with van der Waals surface area (Å²) in [5.41, 5.74) is 0. The van der Waals surface area contributed by atoms with Gasteiger partial charge < -0.3 is 38.0 Å². The molecule has 0 aliphatic carbocycles. The van der Waals surface area contributed by atoms with Gasteiger partial charge in [0.05, 0.1) is 19.8 Å². The minimum atomic E-state index is -2.70. The normalized spacial score (nSPS) is 12.5. The molecule has 0 aliphatic heterocycles. The Labute approximate surface area is 158 Å². The summed E-state index contributed by atoms with van der Waals surface area (Å²) in [5, 5.41) is 0. The summed E-state index contributed by atoms with van der Waals surface area (Å²) in [6.45, 7) is 12.3. The van der Waals surface area contributed by atoms with Crippen molar-refractivity contribution in [1.29, 1.82) is 0 Å². The molecule has 1 atom stereocenters. The Morgan fingerprint density at radius 1 is 0.762 bits per heavy atom. The first-order valence-corrected chi connectivity index (χ1v) is 10.4. The molecular formula is C12H31BrMgO5P2. The van der Waals surface area contributed by atoms with Crippen LogP contribution >= 0.6 is 15.0 Å². The average molecular weight is 422 g/mol. The van der Waals surface area contributed by atoms with Crippen molar-refractivity contribution in [3.63, 3.8) is 0 Å². The van der Waals surface area contributed by atoms with Gasteiger partial charge >= 0.3 is 30.6 Å². The fraction of sp³-hybridized carbons (Fsp3) is 0.917. The van der Waals surface area contributed by atoms with Crippen LogP contribution in [0.1, 0.15) is 34.6 Å². The maximum atomic E-state index is 11.3. The number of rotatable bonds is 8. The molecule has 5 nitrogen and oxygen atoms in total. The molecule has 128 valence electrons. The van der Waals surface area contributed by atoms with Crippen LogP contribution in [0.15, 0.2) is 0 Å². The minimum absolute atomic E-state index is 0. The first kappa shape index (κ1) is 34.0. The third kappa shape index (κ3) is 21.6. The molecule has 0 aromatic rings. The zero-order valence-corrected chi connectivity index (χ0v) is 19.3. The zero-order valence-electron chi connectivity index (χ0n) is 14.6. The van der Waals surface area contributed by atoms with Crippen molar-refractivity contribution in [3.8, 4) is 0 Å². The van der Waals surface area contributed by atoms with Crippen molar-refractivity contribution < 1.29 is 39.7 Å². The molecule has 0 bridgehead atoms. The SMILES string of the molecule is CCOP(=O)(CC)OCC.CCOP(C)(=O)CC.[Br-].[CH3-].[Mg+2]. The van der Waals surface area contributed by atoms with E-state index < -0.39 is 15.0 Å². The van der Waals surface area contributed by atoms with E-state index >= 15 is 0 Å². The molecule has 0 aromatic heterocycles. The molecule has 0 fully saturated rings. The number of halogens is 1. The maximum absolute atomic E-state index is 11.3. The van der Waals surface area contributed by atoms with E-state index in [0.717, 1.165) is 0 Å². The van der Waals surface area contributed by atoms with E-state index in [9.17, 15) is 9.13 Å². The summed E-state index contributed by atoms with van der Waals surface area (Å²) in [4.78, 5) is 0. The first-order chi connectivity index (χ1) is 8.30. The fourth-order valence-corrected chi connectivity index (χ4v) is 2.93. The Balaban J connectivity index is -0.0000000724. The van der Waals surface area contributed by atoms with Crippen LogP contribution in [0, 0.1) is 7.43 Å². The molecular weight excluding hydrogens is 390 g/mol. The van der Waals surface area contributed by atoms with Crippen molar-refractivity contribution >= 4 is 38.0 Å². The summed E-state index contributed by atoms with van der Waals surface area (Å²) in [6, 6.07) is 0. The van der Waals surface area contributed by atoms with Gasteiger partial charge in [-0.1, -0.05) is 13.8 Å². The van der Waals surface area contributed by atoms with Crippen molar-refractivity contribution in [1.82, 2.24) is 0 Å². The Morgan fingerprint density at radius 2 is 1.10 bits per heavy atom. The quantitative estimate of drug-likeness (QED) is 0.336. The molecule has 9 heteroatoms. The molecule has 1 unspecified atom stereocenters. The van der Waals surface area contributed by atoms with Crippen LogP contribution in [-0.4, -0.2) is 61.9 Å². The standard InChI is InChI=1S/C6H15O3P.C5H13O2P.CH3.BrH.Mg/c1-4-8-10(7,6-3)9-5-2;1-4-7-8(3,6)5-2;;;/h4-6H2,1-3H3;4-5H2,1-3H3;1H3;1H;/q;;-1;;+2/p-1. The second-order valence-electron chi connectivity index (χ2n) is 3.51. The molecule has 0 saturated carbocycles. The summed E-state index contributed by atoms with van der Waals surface area (Å²) >= 11 is 0. The van der Waals surface area contributed by atoms with Gasteiger partial charge in [0.25, 0.3) is 0 Å². The van der Waals surface area contributed by atoms with Gasteiger partial charge in [-0.15, -0.1) is 0 Å². The van der Waals surface area contributed by atoms with Gasteiger partial charge in [-0.2, -0.15) is 0 Å². The molecule has 21 heavy (non-hydrogen) atoms. The van der Waals surface area contributed by atoms with Crippen LogP contribution in [0.4, 0.5) is 0 Å². The Hall–Kier alpha value is 1.59. The summed E-state index contributed by atoms with van der Waals surface area (Å²) in [5.74, 6) is 0. The largest absolute Gasteiger partial charge is 2.00 e. The van der Waals surface area contributed by atoms with Crippen LogP contribution in [0.25, 0.3) is 0 Å². The van der Waals surface area contributed by atoms with E-state index in [1.807, 2.05) is 13.8 Å². The summed E-state index contributed by atoms with van der Waals surface area (Å²) in [6.07, 6.45) is 1.09. The second kappa shape index (κ2) is 19.6. The van der Waals surface area contributed by atoms with Gasteiger partial charge in [0.15, 0.2) is 7.37 Å². The molecule has 0 saturated heterocycles. The first-order valence-electron chi connectivity index (χ1n) is 6.39. The maximum Gasteiger partial charge on any atom is 2.00 e. The third-order valence-electron chi connectivity index (χ3n) is 2.02.